The van der Waals surface area contributed by atoms with Crippen LogP contribution in [0.2, 0.25) is 0 Å². The first-order valence-corrected chi connectivity index (χ1v) is 7.66. The predicted octanol–water partition coefficient (Wildman–Crippen LogP) is 3.08. The monoisotopic (exact) mass is 335 g/mol. The molecule has 0 saturated carbocycles. The van der Waals surface area contributed by atoms with E-state index in [2.05, 4.69) is 20.1 Å². The average molecular weight is 335 g/mol. The fourth-order valence-corrected chi connectivity index (χ4v) is 2.69. The van der Waals surface area contributed by atoms with Gasteiger partial charge >= 0.3 is 0 Å². The number of ether oxygens (including phenoxy) is 1. The van der Waals surface area contributed by atoms with Crippen LogP contribution in [0.5, 0.6) is 5.75 Å². The van der Waals surface area contributed by atoms with Crippen molar-refractivity contribution in [2.45, 2.75) is 6.54 Å². The second kappa shape index (κ2) is 6.27. The molecule has 0 saturated heterocycles. The number of nitrogens with zero attached hydrogens (tertiary/aromatic N) is 5. The molecule has 124 valence electrons. The molecule has 0 atom stereocenters. The molecule has 0 N–H and O–H groups in total. The Labute approximate surface area is 143 Å². The lowest BCUT2D eigenvalue weighted by molar-refractivity contribution is 0.414. The van der Waals surface area contributed by atoms with Crippen molar-refractivity contribution in [2.24, 2.45) is 0 Å². The molecule has 4 aromatic rings. The van der Waals surface area contributed by atoms with E-state index in [-0.39, 0.29) is 0 Å². The molecule has 3 heterocycles. The van der Waals surface area contributed by atoms with Crippen LogP contribution in [0.4, 0.5) is 4.39 Å². The van der Waals surface area contributed by atoms with Crippen molar-refractivity contribution in [3.63, 3.8) is 0 Å². The largest absolute Gasteiger partial charge is 0.497 e. The molecule has 0 aliphatic carbocycles. The first-order chi connectivity index (χ1) is 12.3. The maximum atomic E-state index is 14.0. The summed E-state index contributed by atoms with van der Waals surface area (Å²) in [5.74, 6) is 0.233. The quantitative estimate of drug-likeness (QED) is 0.536. The van der Waals surface area contributed by atoms with Crippen LogP contribution in [0.15, 0.2) is 55.1 Å². The van der Waals surface area contributed by atoms with E-state index in [1.807, 2.05) is 24.3 Å². The van der Waals surface area contributed by atoms with Crippen molar-refractivity contribution in [1.29, 1.82) is 0 Å². The second-order valence-electron chi connectivity index (χ2n) is 5.45. The minimum absolute atomic E-state index is 0.332. The normalized spacial score (nSPS) is 11.0. The van der Waals surface area contributed by atoms with Gasteiger partial charge in [-0.15, -0.1) is 0 Å². The zero-order valence-corrected chi connectivity index (χ0v) is 13.4. The summed E-state index contributed by atoms with van der Waals surface area (Å²) in [6, 6.07) is 11.0. The lowest BCUT2D eigenvalue weighted by atomic mass is 10.1. The lowest BCUT2D eigenvalue weighted by Crippen LogP contribution is -2.03. The van der Waals surface area contributed by atoms with Gasteiger partial charge in [0.05, 0.1) is 36.5 Å². The first kappa shape index (κ1) is 15.2. The number of fused-ring (bicyclic) bond motifs is 1. The van der Waals surface area contributed by atoms with Crippen LogP contribution < -0.4 is 4.74 Å². The molecule has 7 heteroatoms. The SMILES string of the molecule is COc1ccc(Cn2ncc3c(-c4cccnc4F)ncnc32)cc1. The molecule has 0 spiro atoms. The van der Waals surface area contributed by atoms with Gasteiger partial charge in [0.15, 0.2) is 5.65 Å². The number of methoxy groups -OCH3 is 1. The Hall–Kier alpha value is -3.35. The lowest BCUT2D eigenvalue weighted by Gasteiger charge is -2.06. The summed E-state index contributed by atoms with van der Waals surface area (Å²) in [4.78, 5) is 12.2. The highest BCUT2D eigenvalue weighted by Crippen LogP contribution is 2.26. The van der Waals surface area contributed by atoms with Crippen molar-refractivity contribution < 1.29 is 9.13 Å². The summed E-state index contributed by atoms with van der Waals surface area (Å²) in [6.07, 6.45) is 4.47. The predicted molar refractivity (Wildman–Crippen MR) is 90.6 cm³/mol. The molecule has 4 rings (SSSR count). The summed E-state index contributed by atoms with van der Waals surface area (Å²) >= 11 is 0. The molecule has 0 aliphatic rings. The number of benzene rings is 1. The molecular weight excluding hydrogens is 321 g/mol. The zero-order valence-electron chi connectivity index (χ0n) is 13.4. The van der Waals surface area contributed by atoms with E-state index in [1.54, 1.807) is 30.1 Å². The van der Waals surface area contributed by atoms with Gasteiger partial charge in [0.1, 0.15) is 12.1 Å². The van der Waals surface area contributed by atoms with E-state index < -0.39 is 5.95 Å². The molecule has 25 heavy (non-hydrogen) atoms. The molecule has 3 aromatic heterocycles. The van der Waals surface area contributed by atoms with E-state index in [0.717, 1.165) is 11.3 Å². The number of aromatic nitrogens is 5. The molecule has 0 bridgehead atoms. The fourth-order valence-electron chi connectivity index (χ4n) is 2.69. The first-order valence-electron chi connectivity index (χ1n) is 7.66. The van der Waals surface area contributed by atoms with Crippen LogP contribution in [0.3, 0.4) is 0 Å². The van der Waals surface area contributed by atoms with Crippen molar-refractivity contribution in [3.8, 4) is 17.0 Å². The highest BCUT2D eigenvalue weighted by Gasteiger charge is 2.15. The van der Waals surface area contributed by atoms with Crippen LogP contribution in [-0.4, -0.2) is 31.8 Å². The second-order valence-corrected chi connectivity index (χ2v) is 5.45. The maximum absolute atomic E-state index is 14.0. The molecule has 1 aromatic carbocycles. The fraction of sp³-hybridized carbons (Fsp3) is 0.111. The number of halogens is 1. The molecule has 0 aliphatic heterocycles. The van der Waals surface area contributed by atoms with Crippen molar-refractivity contribution >= 4 is 11.0 Å². The van der Waals surface area contributed by atoms with E-state index >= 15 is 0 Å². The van der Waals surface area contributed by atoms with Gasteiger partial charge < -0.3 is 4.74 Å². The molecule has 0 radical (unpaired) electrons. The van der Waals surface area contributed by atoms with Crippen LogP contribution in [-0.2, 0) is 6.54 Å². The third-order valence-electron chi connectivity index (χ3n) is 3.94. The third-order valence-corrected chi connectivity index (χ3v) is 3.94. The summed E-state index contributed by atoms with van der Waals surface area (Å²) in [6.45, 7) is 0.541. The molecular formula is C18H14FN5O. The van der Waals surface area contributed by atoms with Gasteiger partial charge in [0.25, 0.3) is 0 Å². The summed E-state index contributed by atoms with van der Waals surface area (Å²) < 4.78 is 20.9. The Morgan fingerprint density at radius 2 is 1.92 bits per heavy atom. The van der Waals surface area contributed by atoms with Gasteiger partial charge in [-0.2, -0.15) is 9.49 Å². The van der Waals surface area contributed by atoms with Gasteiger partial charge in [-0.05, 0) is 29.8 Å². The molecule has 0 unspecified atom stereocenters. The van der Waals surface area contributed by atoms with E-state index in [4.69, 9.17) is 4.74 Å². The average Bonchev–Trinajstić information content (AvgIpc) is 3.06. The Balaban J connectivity index is 1.75. The molecule has 0 fully saturated rings. The zero-order chi connectivity index (χ0) is 17.2. The van der Waals surface area contributed by atoms with Crippen molar-refractivity contribution in [2.75, 3.05) is 7.11 Å². The van der Waals surface area contributed by atoms with Gasteiger partial charge in [0.2, 0.25) is 5.95 Å². The molecule has 0 amide bonds. The smallest absolute Gasteiger partial charge is 0.222 e. The third kappa shape index (κ3) is 2.80. The highest BCUT2D eigenvalue weighted by molar-refractivity contribution is 5.89. The van der Waals surface area contributed by atoms with Gasteiger partial charge in [-0.3, -0.25) is 0 Å². The Bertz CT molecular complexity index is 1030. The summed E-state index contributed by atoms with van der Waals surface area (Å²) in [7, 11) is 1.63. The Morgan fingerprint density at radius 1 is 1.08 bits per heavy atom. The van der Waals surface area contributed by atoms with E-state index in [9.17, 15) is 4.39 Å². The van der Waals surface area contributed by atoms with Gasteiger partial charge in [0, 0.05) is 6.20 Å². The minimum Gasteiger partial charge on any atom is -0.497 e. The van der Waals surface area contributed by atoms with Crippen LogP contribution in [0.25, 0.3) is 22.3 Å². The number of rotatable bonds is 4. The summed E-state index contributed by atoms with van der Waals surface area (Å²) in [5.41, 5.74) is 2.51. The Morgan fingerprint density at radius 3 is 2.68 bits per heavy atom. The number of pyridine rings is 1. The number of hydrogen-bond donors (Lipinski definition) is 0. The van der Waals surface area contributed by atoms with Crippen molar-refractivity contribution in [3.05, 3.63) is 66.6 Å². The van der Waals surface area contributed by atoms with Crippen LogP contribution in [0, 0.1) is 5.95 Å². The molecule has 6 nitrogen and oxygen atoms in total. The van der Waals surface area contributed by atoms with E-state index in [0.29, 0.717) is 28.8 Å². The highest BCUT2D eigenvalue weighted by atomic mass is 19.1. The van der Waals surface area contributed by atoms with Crippen LogP contribution in [0.1, 0.15) is 5.56 Å². The van der Waals surface area contributed by atoms with E-state index in [1.165, 1.54) is 12.5 Å². The minimum atomic E-state index is -0.564. The number of hydrogen-bond acceptors (Lipinski definition) is 5. The topological polar surface area (TPSA) is 65.7 Å². The Kier molecular flexibility index (Phi) is 3.81. The van der Waals surface area contributed by atoms with Crippen molar-refractivity contribution in [1.82, 2.24) is 24.7 Å². The van der Waals surface area contributed by atoms with Crippen LogP contribution >= 0.6 is 0 Å². The van der Waals surface area contributed by atoms with Gasteiger partial charge in [-0.25, -0.2) is 19.6 Å². The summed E-state index contributed by atoms with van der Waals surface area (Å²) in [5, 5.41) is 5.07. The standard InChI is InChI=1S/C18H14FN5O/c1-25-13-6-4-12(5-7-13)10-24-18-15(9-23-24)16(21-11-22-18)14-3-2-8-20-17(14)19/h2-9,11H,10H2,1H3. The van der Waals surface area contributed by atoms with Gasteiger partial charge in [-0.1, -0.05) is 12.1 Å². The maximum Gasteiger partial charge on any atom is 0.222 e.